The molecule has 1 rings (SSSR count). The van der Waals surface area contributed by atoms with Crippen LogP contribution in [-0.4, -0.2) is 5.11 Å². The van der Waals surface area contributed by atoms with Gasteiger partial charge in [0.2, 0.25) is 0 Å². The molecule has 0 aliphatic heterocycles. The summed E-state index contributed by atoms with van der Waals surface area (Å²) >= 11 is 0. The highest BCUT2D eigenvalue weighted by atomic mass is 35.5. The molecule has 3 N–H and O–H groups in total. The molecular weight excluding hydrogens is 162 g/mol. The molecule has 0 saturated carbocycles. The molecule has 0 fully saturated rings. The van der Waals surface area contributed by atoms with E-state index in [0.29, 0.717) is 5.69 Å². The van der Waals surface area contributed by atoms with Crippen molar-refractivity contribution in [1.29, 1.82) is 0 Å². The van der Waals surface area contributed by atoms with Gasteiger partial charge >= 0.3 is 0 Å². The number of aryl methyl sites for hydroxylation is 1. The second-order valence-corrected chi connectivity index (χ2v) is 2.21. The number of phenolic OH excluding ortho intramolecular Hbond substituents is 1. The number of para-hydroxylation sites is 1. The Bertz CT molecular complexity index is 238. The highest BCUT2D eigenvalue weighted by Crippen LogP contribution is 2.24. The third kappa shape index (κ3) is 2.02. The summed E-state index contributed by atoms with van der Waals surface area (Å²) < 4.78 is 0. The SMILES string of the molecule is CCc1cccc(N)c1O.Cl. The maximum atomic E-state index is 9.27. The van der Waals surface area contributed by atoms with Gasteiger partial charge in [-0.2, -0.15) is 0 Å². The van der Waals surface area contributed by atoms with Crippen molar-refractivity contribution in [2.75, 3.05) is 5.73 Å². The predicted molar refractivity (Wildman–Crippen MR) is 49.1 cm³/mol. The minimum atomic E-state index is 0. The van der Waals surface area contributed by atoms with E-state index in [1.54, 1.807) is 6.07 Å². The van der Waals surface area contributed by atoms with Crippen LogP contribution in [0.3, 0.4) is 0 Å². The standard InChI is InChI=1S/C8H11NO.ClH/c1-2-6-4-3-5-7(9)8(6)10;/h3-5,10H,2,9H2,1H3;1H. The minimum absolute atomic E-state index is 0. The van der Waals surface area contributed by atoms with Gasteiger partial charge in [0.15, 0.2) is 0 Å². The first-order chi connectivity index (χ1) is 4.75. The maximum Gasteiger partial charge on any atom is 0.141 e. The van der Waals surface area contributed by atoms with Crippen LogP contribution in [0.25, 0.3) is 0 Å². The van der Waals surface area contributed by atoms with Crippen molar-refractivity contribution in [3.8, 4) is 5.75 Å². The molecule has 0 amide bonds. The Morgan fingerprint density at radius 3 is 2.55 bits per heavy atom. The third-order valence-electron chi connectivity index (χ3n) is 1.53. The topological polar surface area (TPSA) is 46.2 Å². The molecule has 3 heteroatoms. The lowest BCUT2D eigenvalue weighted by atomic mass is 10.1. The number of anilines is 1. The van der Waals surface area contributed by atoms with E-state index in [-0.39, 0.29) is 18.2 Å². The van der Waals surface area contributed by atoms with Gasteiger partial charge in [-0.1, -0.05) is 19.1 Å². The number of rotatable bonds is 1. The zero-order valence-electron chi connectivity index (χ0n) is 6.37. The van der Waals surface area contributed by atoms with Gasteiger partial charge in [0, 0.05) is 0 Å². The molecule has 0 aliphatic carbocycles. The van der Waals surface area contributed by atoms with Gasteiger partial charge in [0.25, 0.3) is 0 Å². The van der Waals surface area contributed by atoms with E-state index < -0.39 is 0 Å². The Balaban J connectivity index is 0.000001000. The predicted octanol–water partition coefficient (Wildman–Crippen LogP) is 1.96. The highest BCUT2D eigenvalue weighted by molar-refractivity contribution is 5.85. The van der Waals surface area contributed by atoms with Gasteiger partial charge in [-0.15, -0.1) is 12.4 Å². The van der Waals surface area contributed by atoms with Crippen molar-refractivity contribution in [3.63, 3.8) is 0 Å². The van der Waals surface area contributed by atoms with E-state index in [1.165, 1.54) is 0 Å². The van der Waals surface area contributed by atoms with Crippen molar-refractivity contribution in [2.45, 2.75) is 13.3 Å². The molecule has 0 atom stereocenters. The summed E-state index contributed by atoms with van der Waals surface area (Å²) in [5.41, 5.74) is 6.81. The average Bonchev–Trinajstić information content (AvgIpc) is 1.95. The first kappa shape index (κ1) is 10.1. The largest absolute Gasteiger partial charge is 0.506 e. The molecule has 0 heterocycles. The van der Waals surface area contributed by atoms with E-state index in [9.17, 15) is 5.11 Å². The molecule has 0 bridgehead atoms. The van der Waals surface area contributed by atoms with Crippen LogP contribution in [0.1, 0.15) is 12.5 Å². The Morgan fingerprint density at radius 2 is 2.09 bits per heavy atom. The van der Waals surface area contributed by atoms with Crippen molar-refractivity contribution >= 4 is 18.1 Å². The summed E-state index contributed by atoms with van der Waals surface area (Å²) in [6.07, 6.45) is 0.816. The summed E-state index contributed by atoms with van der Waals surface area (Å²) in [4.78, 5) is 0. The quantitative estimate of drug-likeness (QED) is 0.504. The van der Waals surface area contributed by atoms with Gasteiger partial charge in [-0.25, -0.2) is 0 Å². The van der Waals surface area contributed by atoms with Crippen LogP contribution in [-0.2, 0) is 6.42 Å². The van der Waals surface area contributed by atoms with Crippen LogP contribution < -0.4 is 5.73 Å². The fourth-order valence-electron chi connectivity index (χ4n) is 0.896. The number of hydrogen-bond donors (Lipinski definition) is 2. The summed E-state index contributed by atoms with van der Waals surface area (Å²) in [6, 6.07) is 5.40. The number of halogens is 1. The molecule has 62 valence electrons. The molecule has 2 nitrogen and oxygen atoms in total. The van der Waals surface area contributed by atoms with Crippen molar-refractivity contribution in [2.24, 2.45) is 0 Å². The fraction of sp³-hybridized carbons (Fsp3) is 0.250. The van der Waals surface area contributed by atoms with Gasteiger partial charge in [0.05, 0.1) is 5.69 Å². The molecule has 0 spiro atoms. The van der Waals surface area contributed by atoms with E-state index in [2.05, 4.69) is 0 Å². The molecule has 0 aromatic heterocycles. The second kappa shape index (κ2) is 4.09. The van der Waals surface area contributed by atoms with Crippen LogP contribution in [0.5, 0.6) is 5.75 Å². The molecule has 0 radical (unpaired) electrons. The van der Waals surface area contributed by atoms with Crippen molar-refractivity contribution in [1.82, 2.24) is 0 Å². The first-order valence-corrected chi connectivity index (χ1v) is 3.32. The second-order valence-electron chi connectivity index (χ2n) is 2.21. The molecule has 0 aliphatic rings. The smallest absolute Gasteiger partial charge is 0.141 e. The Labute approximate surface area is 72.4 Å². The van der Waals surface area contributed by atoms with Crippen LogP contribution in [0.2, 0.25) is 0 Å². The van der Waals surface area contributed by atoms with E-state index in [0.717, 1.165) is 12.0 Å². The third-order valence-corrected chi connectivity index (χ3v) is 1.53. The Hall–Kier alpha value is -0.890. The van der Waals surface area contributed by atoms with E-state index >= 15 is 0 Å². The van der Waals surface area contributed by atoms with Gasteiger partial charge < -0.3 is 10.8 Å². The average molecular weight is 174 g/mol. The van der Waals surface area contributed by atoms with Crippen LogP contribution in [0.15, 0.2) is 18.2 Å². The van der Waals surface area contributed by atoms with Crippen LogP contribution in [0, 0.1) is 0 Å². The zero-order valence-corrected chi connectivity index (χ0v) is 7.19. The van der Waals surface area contributed by atoms with E-state index in [4.69, 9.17) is 5.73 Å². The molecule has 0 saturated heterocycles. The van der Waals surface area contributed by atoms with Gasteiger partial charge in [0.1, 0.15) is 5.75 Å². The van der Waals surface area contributed by atoms with Gasteiger partial charge in [-0.3, -0.25) is 0 Å². The summed E-state index contributed by atoms with van der Waals surface area (Å²) in [6.45, 7) is 1.98. The molecule has 1 aromatic carbocycles. The lowest BCUT2D eigenvalue weighted by Crippen LogP contribution is -1.88. The first-order valence-electron chi connectivity index (χ1n) is 3.32. The summed E-state index contributed by atoms with van der Waals surface area (Å²) in [5, 5.41) is 9.27. The highest BCUT2D eigenvalue weighted by Gasteiger charge is 1.99. The van der Waals surface area contributed by atoms with E-state index in [1.807, 2.05) is 19.1 Å². The number of benzene rings is 1. The molecule has 11 heavy (non-hydrogen) atoms. The Kier molecular flexibility index (Phi) is 3.76. The van der Waals surface area contributed by atoms with Crippen molar-refractivity contribution in [3.05, 3.63) is 23.8 Å². The molecule has 1 aromatic rings. The maximum absolute atomic E-state index is 9.27. The lowest BCUT2D eigenvalue weighted by molar-refractivity contribution is 0.471. The van der Waals surface area contributed by atoms with Crippen molar-refractivity contribution < 1.29 is 5.11 Å². The summed E-state index contributed by atoms with van der Waals surface area (Å²) in [5.74, 6) is 0.227. The lowest BCUT2D eigenvalue weighted by Gasteiger charge is -2.02. The molecular formula is C8H12ClNO. The number of aromatic hydroxyl groups is 1. The number of phenols is 1. The van der Waals surface area contributed by atoms with Gasteiger partial charge in [-0.05, 0) is 18.1 Å². The zero-order chi connectivity index (χ0) is 7.56. The monoisotopic (exact) mass is 173 g/mol. The number of hydrogen-bond acceptors (Lipinski definition) is 2. The minimum Gasteiger partial charge on any atom is -0.506 e. The normalized spacial score (nSPS) is 8.82. The fourth-order valence-corrected chi connectivity index (χ4v) is 0.896. The van der Waals surface area contributed by atoms with Crippen LogP contribution >= 0.6 is 12.4 Å². The number of nitrogens with two attached hydrogens (primary N) is 1. The number of nitrogen functional groups attached to an aromatic ring is 1. The van der Waals surface area contributed by atoms with Crippen LogP contribution in [0.4, 0.5) is 5.69 Å². The summed E-state index contributed by atoms with van der Waals surface area (Å²) in [7, 11) is 0. The Morgan fingerprint density at radius 1 is 1.45 bits per heavy atom. The molecule has 0 unspecified atom stereocenters.